The van der Waals surface area contributed by atoms with Crippen LogP contribution in [0.3, 0.4) is 0 Å². The van der Waals surface area contributed by atoms with E-state index >= 15 is 0 Å². The van der Waals surface area contributed by atoms with Crippen molar-refractivity contribution in [2.45, 2.75) is 148 Å². The fourth-order valence-electron chi connectivity index (χ4n) is 4.57. The normalized spacial score (nSPS) is 15.7. The molecule has 1 aliphatic heterocycles. The number of hydrogen-bond acceptors (Lipinski definition) is 4. The first kappa shape index (κ1) is 35.9. The van der Waals surface area contributed by atoms with Crippen molar-refractivity contribution >= 4 is 23.6 Å². The average molecular weight is 539 g/mol. The second-order valence-electron chi connectivity index (χ2n) is 10.7. The van der Waals surface area contributed by atoms with Gasteiger partial charge in [-0.1, -0.05) is 77.6 Å². The molecule has 8 heteroatoms. The molecular formula is C30H58N4O4. The molecule has 0 aliphatic carbocycles. The zero-order chi connectivity index (χ0) is 28.3. The Kier molecular flexibility index (Phi) is 25.0. The molecule has 1 rings (SSSR count). The highest BCUT2D eigenvalue weighted by molar-refractivity contribution is 5.77. The number of rotatable bonds is 16. The average Bonchev–Trinajstić information content (AvgIpc) is 2.87. The number of carbonyl (C=O) groups is 4. The number of unbranched alkanes of at least 4 members (excludes halogenated alkanes) is 10. The molecule has 1 fully saturated rings. The highest BCUT2D eigenvalue weighted by Gasteiger charge is 2.13. The second kappa shape index (κ2) is 26.5. The van der Waals surface area contributed by atoms with Gasteiger partial charge in [-0.2, -0.15) is 0 Å². The monoisotopic (exact) mass is 538 g/mol. The van der Waals surface area contributed by atoms with E-state index in [-0.39, 0.29) is 23.6 Å². The van der Waals surface area contributed by atoms with Crippen molar-refractivity contribution in [2.24, 2.45) is 11.5 Å². The van der Waals surface area contributed by atoms with Gasteiger partial charge in [-0.15, -0.1) is 0 Å². The maximum atomic E-state index is 12.6. The van der Waals surface area contributed by atoms with Gasteiger partial charge in [-0.3, -0.25) is 19.2 Å². The van der Waals surface area contributed by atoms with Crippen LogP contribution in [-0.4, -0.2) is 48.2 Å². The Bertz CT molecular complexity index is 627. The fourth-order valence-corrected chi connectivity index (χ4v) is 4.57. The summed E-state index contributed by atoms with van der Waals surface area (Å²) in [6.45, 7) is 4.65. The molecule has 1 aliphatic rings. The van der Waals surface area contributed by atoms with E-state index in [1.165, 1.54) is 38.5 Å². The quantitative estimate of drug-likeness (QED) is 0.223. The minimum atomic E-state index is -0.191. The Hall–Kier alpha value is -2.12. The molecule has 0 saturated carbocycles. The van der Waals surface area contributed by atoms with Gasteiger partial charge in [0.2, 0.25) is 23.6 Å². The largest absolute Gasteiger partial charge is 0.370 e. The van der Waals surface area contributed by atoms with Crippen LogP contribution in [0.25, 0.3) is 0 Å². The summed E-state index contributed by atoms with van der Waals surface area (Å²) in [4.78, 5) is 47.2. The van der Waals surface area contributed by atoms with E-state index in [2.05, 4.69) is 17.1 Å². The van der Waals surface area contributed by atoms with Crippen molar-refractivity contribution in [1.82, 2.24) is 10.2 Å². The van der Waals surface area contributed by atoms with Gasteiger partial charge in [0.05, 0.1) is 0 Å². The third-order valence-electron chi connectivity index (χ3n) is 6.95. The number of nitrogens with one attached hydrogen (secondary N) is 1. The molecular weight excluding hydrogens is 480 g/mol. The molecule has 5 N–H and O–H groups in total. The number of nitrogens with zero attached hydrogens (tertiary/aromatic N) is 1. The summed E-state index contributed by atoms with van der Waals surface area (Å²) < 4.78 is 0. The third kappa shape index (κ3) is 25.5. The summed E-state index contributed by atoms with van der Waals surface area (Å²) in [5.74, 6) is 0.0213. The predicted octanol–water partition coefficient (Wildman–Crippen LogP) is 5.50. The summed E-state index contributed by atoms with van der Waals surface area (Å²) in [6, 6.07) is 0. The van der Waals surface area contributed by atoms with Gasteiger partial charge >= 0.3 is 0 Å². The van der Waals surface area contributed by atoms with E-state index in [4.69, 9.17) is 11.5 Å². The molecule has 1 saturated heterocycles. The van der Waals surface area contributed by atoms with Crippen LogP contribution in [0.1, 0.15) is 148 Å². The Labute approximate surface area is 232 Å². The zero-order valence-electron chi connectivity index (χ0n) is 24.4. The number of primary amides is 2. The van der Waals surface area contributed by atoms with Crippen molar-refractivity contribution in [3.8, 4) is 0 Å². The summed E-state index contributed by atoms with van der Waals surface area (Å²) in [5, 5.41) is 2.97. The fraction of sp³-hybridized carbons (Fsp3) is 0.867. The molecule has 0 aromatic rings. The Balaban J connectivity index is 0.00000147. The number of hydrogen-bond donors (Lipinski definition) is 3. The third-order valence-corrected chi connectivity index (χ3v) is 6.95. The minimum absolute atomic E-state index is 0.127. The molecule has 0 radical (unpaired) electrons. The van der Waals surface area contributed by atoms with Crippen LogP contribution in [0, 0.1) is 0 Å². The molecule has 222 valence electrons. The summed E-state index contributed by atoms with van der Waals surface area (Å²) in [6.07, 6.45) is 21.8. The smallest absolute Gasteiger partial charge is 0.222 e. The molecule has 38 heavy (non-hydrogen) atoms. The first-order chi connectivity index (χ1) is 18.4. The van der Waals surface area contributed by atoms with Gasteiger partial charge in [0, 0.05) is 45.3 Å². The first-order valence-electron chi connectivity index (χ1n) is 15.5. The summed E-state index contributed by atoms with van der Waals surface area (Å²) in [7, 11) is 0. The first-order valence-corrected chi connectivity index (χ1v) is 15.5. The zero-order valence-corrected chi connectivity index (χ0v) is 24.4. The lowest BCUT2D eigenvalue weighted by atomic mass is 10.1. The van der Waals surface area contributed by atoms with Crippen molar-refractivity contribution in [3.63, 3.8) is 0 Å². The van der Waals surface area contributed by atoms with Gasteiger partial charge in [-0.25, -0.2) is 0 Å². The van der Waals surface area contributed by atoms with Crippen LogP contribution in [0.15, 0.2) is 0 Å². The van der Waals surface area contributed by atoms with Crippen LogP contribution < -0.4 is 16.8 Å². The van der Waals surface area contributed by atoms with Gasteiger partial charge in [-0.05, 0) is 44.9 Å². The standard InChI is InChI=1S/C24H45N3O3.C6H13NO/c25-22(28)16-10-6-4-2-1-3-5-8-14-20-27-21-15-9-7-13-19-26-23(29)17-11-12-18-24(27)30;1-2-3-4-5-6(7)8/h1-21H2,(H2,25,28)(H,26,29);2-5H2,1H3,(H2,7,8). The van der Waals surface area contributed by atoms with Gasteiger partial charge in [0.25, 0.3) is 0 Å². The SMILES string of the molecule is CCCCCC(N)=O.NC(=O)CCCCCCCCCCCN1CCCCCCNC(=O)CCCCC1=O. The van der Waals surface area contributed by atoms with Crippen molar-refractivity contribution in [2.75, 3.05) is 19.6 Å². The van der Waals surface area contributed by atoms with Crippen LogP contribution in [0.5, 0.6) is 0 Å². The van der Waals surface area contributed by atoms with E-state index in [1.54, 1.807) is 0 Å². The number of nitrogens with two attached hydrogens (primary N) is 2. The van der Waals surface area contributed by atoms with Gasteiger partial charge < -0.3 is 21.7 Å². The second-order valence-corrected chi connectivity index (χ2v) is 10.7. The molecule has 1 heterocycles. The maximum absolute atomic E-state index is 12.6. The number of carbonyl (C=O) groups excluding carboxylic acids is 4. The van der Waals surface area contributed by atoms with Crippen LogP contribution >= 0.6 is 0 Å². The van der Waals surface area contributed by atoms with Crippen LogP contribution in [0.4, 0.5) is 0 Å². The van der Waals surface area contributed by atoms with Crippen LogP contribution in [-0.2, 0) is 19.2 Å². The molecule has 0 bridgehead atoms. The summed E-state index contributed by atoms with van der Waals surface area (Å²) in [5.41, 5.74) is 10.0. The Morgan fingerprint density at radius 2 is 1.21 bits per heavy atom. The number of amides is 4. The topological polar surface area (TPSA) is 136 Å². The lowest BCUT2D eigenvalue weighted by molar-refractivity contribution is -0.131. The van der Waals surface area contributed by atoms with E-state index in [0.29, 0.717) is 25.7 Å². The summed E-state index contributed by atoms with van der Waals surface area (Å²) >= 11 is 0. The predicted molar refractivity (Wildman–Crippen MR) is 155 cm³/mol. The highest BCUT2D eigenvalue weighted by atomic mass is 16.2. The molecule has 8 nitrogen and oxygen atoms in total. The molecule has 4 amide bonds. The van der Waals surface area contributed by atoms with Crippen molar-refractivity contribution in [1.29, 1.82) is 0 Å². The Morgan fingerprint density at radius 1 is 0.684 bits per heavy atom. The van der Waals surface area contributed by atoms with E-state index in [1.807, 2.05) is 0 Å². The van der Waals surface area contributed by atoms with Crippen LogP contribution in [0.2, 0.25) is 0 Å². The maximum Gasteiger partial charge on any atom is 0.222 e. The lowest BCUT2D eigenvalue weighted by Gasteiger charge is -2.23. The van der Waals surface area contributed by atoms with E-state index in [9.17, 15) is 19.2 Å². The molecule has 0 spiro atoms. The highest BCUT2D eigenvalue weighted by Crippen LogP contribution is 2.13. The van der Waals surface area contributed by atoms with Crippen molar-refractivity contribution in [3.05, 3.63) is 0 Å². The Morgan fingerprint density at radius 3 is 1.82 bits per heavy atom. The van der Waals surface area contributed by atoms with Gasteiger partial charge in [0.15, 0.2) is 0 Å². The molecule has 0 aromatic carbocycles. The minimum Gasteiger partial charge on any atom is -0.370 e. The lowest BCUT2D eigenvalue weighted by Crippen LogP contribution is -2.33. The van der Waals surface area contributed by atoms with E-state index in [0.717, 1.165) is 96.7 Å². The van der Waals surface area contributed by atoms with Gasteiger partial charge in [0.1, 0.15) is 0 Å². The van der Waals surface area contributed by atoms with Crippen molar-refractivity contribution < 1.29 is 19.2 Å². The van der Waals surface area contributed by atoms with E-state index < -0.39 is 0 Å². The molecule has 0 aromatic heterocycles. The molecule has 0 unspecified atom stereocenters. The molecule has 0 atom stereocenters.